The molecule has 0 aromatic heterocycles. The van der Waals surface area contributed by atoms with Crippen LogP contribution in [0.5, 0.6) is 0 Å². The van der Waals surface area contributed by atoms with Gasteiger partial charge in [-0.05, 0) is 37.3 Å². The smallest absolute Gasteiger partial charge is 0.0172 e. The third-order valence-electron chi connectivity index (χ3n) is 4.87. The molecule has 0 aromatic carbocycles. The van der Waals surface area contributed by atoms with Gasteiger partial charge < -0.3 is 10.2 Å². The summed E-state index contributed by atoms with van der Waals surface area (Å²) < 4.78 is 0. The number of nitrogens with zero attached hydrogens (tertiary/aromatic N) is 2. The standard InChI is InChI=1S/C16H33N3/c1-14(2)5-9-18-10-6-15(16(3,4)13-18)19-11-7-17-8-12-19/h14-15,17H,5-13H2,1-4H3. The molecular weight excluding hydrogens is 234 g/mol. The molecule has 2 saturated heterocycles. The maximum absolute atomic E-state index is 3.47. The lowest BCUT2D eigenvalue weighted by atomic mass is 9.77. The Morgan fingerprint density at radius 3 is 2.42 bits per heavy atom. The normalized spacial score (nSPS) is 29.8. The molecule has 0 radical (unpaired) electrons. The van der Waals surface area contributed by atoms with E-state index >= 15 is 0 Å². The maximum Gasteiger partial charge on any atom is 0.0172 e. The zero-order chi connectivity index (χ0) is 13.9. The van der Waals surface area contributed by atoms with Crippen LogP contribution >= 0.6 is 0 Å². The minimum atomic E-state index is 0.437. The van der Waals surface area contributed by atoms with E-state index in [0.717, 1.165) is 12.0 Å². The molecule has 19 heavy (non-hydrogen) atoms. The van der Waals surface area contributed by atoms with Crippen molar-refractivity contribution in [3.05, 3.63) is 0 Å². The van der Waals surface area contributed by atoms with Gasteiger partial charge in [0.15, 0.2) is 0 Å². The zero-order valence-electron chi connectivity index (χ0n) is 13.4. The molecule has 3 heteroatoms. The number of rotatable bonds is 4. The van der Waals surface area contributed by atoms with Crippen LogP contribution in [-0.4, -0.2) is 61.7 Å². The fraction of sp³-hybridized carbons (Fsp3) is 1.00. The van der Waals surface area contributed by atoms with Crippen molar-refractivity contribution in [3.63, 3.8) is 0 Å². The zero-order valence-corrected chi connectivity index (χ0v) is 13.4. The van der Waals surface area contributed by atoms with Crippen molar-refractivity contribution in [1.82, 2.24) is 15.1 Å². The highest BCUT2D eigenvalue weighted by atomic mass is 15.2. The lowest BCUT2D eigenvalue weighted by molar-refractivity contribution is -0.000512. The van der Waals surface area contributed by atoms with Crippen molar-refractivity contribution >= 4 is 0 Å². The minimum absolute atomic E-state index is 0.437. The van der Waals surface area contributed by atoms with Gasteiger partial charge >= 0.3 is 0 Å². The van der Waals surface area contributed by atoms with Crippen molar-refractivity contribution in [3.8, 4) is 0 Å². The fourth-order valence-corrected chi connectivity index (χ4v) is 3.76. The van der Waals surface area contributed by atoms with Crippen molar-refractivity contribution in [2.24, 2.45) is 11.3 Å². The Morgan fingerprint density at radius 2 is 1.84 bits per heavy atom. The number of likely N-dealkylation sites (tertiary alicyclic amines) is 1. The predicted molar refractivity (Wildman–Crippen MR) is 82.5 cm³/mol. The highest BCUT2D eigenvalue weighted by Gasteiger charge is 2.39. The van der Waals surface area contributed by atoms with E-state index < -0.39 is 0 Å². The summed E-state index contributed by atoms with van der Waals surface area (Å²) in [6.07, 6.45) is 2.69. The number of nitrogens with one attached hydrogen (secondary N) is 1. The monoisotopic (exact) mass is 267 g/mol. The van der Waals surface area contributed by atoms with E-state index in [1.165, 1.54) is 58.7 Å². The molecule has 2 heterocycles. The van der Waals surface area contributed by atoms with E-state index in [1.807, 2.05) is 0 Å². The Balaban J connectivity index is 1.87. The van der Waals surface area contributed by atoms with Crippen LogP contribution in [0.3, 0.4) is 0 Å². The van der Waals surface area contributed by atoms with Crippen LogP contribution in [-0.2, 0) is 0 Å². The first-order valence-electron chi connectivity index (χ1n) is 8.16. The summed E-state index contributed by atoms with van der Waals surface area (Å²) in [5.74, 6) is 0.828. The van der Waals surface area contributed by atoms with Crippen LogP contribution in [0.1, 0.15) is 40.5 Å². The van der Waals surface area contributed by atoms with Crippen LogP contribution in [0.4, 0.5) is 0 Å². The second-order valence-corrected chi connectivity index (χ2v) is 7.54. The van der Waals surface area contributed by atoms with E-state index in [-0.39, 0.29) is 0 Å². The van der Waals surface area contributed by atoms with Crippen LogP contribution < -0.4 is 5.32 Å². The summed E-state index contributed by atoms with van der Waals surface area (Å²) in [6.45, 7) is 18.3. The lowest BCUT2D eigenvalue weighted by Crippen LogP contribution is -2.59. The van der Waals surface area contributed by atoms with Crippen LogP contribution in [0.2, 0.25) is 0 Å². The lowest BCUT2D eigenvalue weighted by Gasteiger charge is -2.50. The van der Waals surface area contributed by atoms with Gasteiger partial charge in [0, 0.05) is 38.8 Å². The summed E-state index contributed by atoms with van der Waals surface area (Å²) in [7, 11) is 0. The summed E-state index contributed by atoms with van der Waals surface area (Å²) in [5.41, 5.74) is 0.437. The first-order valence-corrected chi connectivity index (χ1v) is 8.16. The Morgan fingerprint density at radius 1 is 1.16 bits per heavy atom. The molecule has 1 N–H and O–H groups in total. The second kappa shape index (κ2) is 6.55. The van der Waals surface area contributed by atoms with Crippen molar-refractivity contribution in [1.29, 1.82) is 0 Å². The van der Waals surface area contributed by atoms with E-state index in [2.05, 4.69) is 42.8 Å². The number of piperidine rings is 1. The third-order valence-corrected chi connectivity index (χ3v) is 4.87. The third kappa shape index (κ3) is 4.17. The molecule has 2 aliphatic rings. The van der Waals surface area contributed by atoms with Gasteiger partial charge in [0.1, 0.15) is 0 Å². The maximum atomic E-state index is 3.47. The summed E-state index contributed by atoms with van der Waals surface area (Å²) in [5, 5.41) is 3.47. The van der Waals surface area contributed by atoms with Gasteiger partial charge in [-0.25, -0.2) is 0 Å². The van der Waals surface area contributed by atoms with Crippen LogP contribution in [0.15, 0.2) is 0 Å². The Kier molecular flexibility index (Phi) is 5.27. The van der Waals surface area contributed by atoms with E-state index in [9.17, 15) is 0 Å². The molecule has 112 valence electrons. The molecule has 2 fully saturated rings. The quantitative estimate of drug-likeness (QED) is 0.841. The van der Waals surface area contributed by atoms with Crippen molar-refractivity contribution < 1.29 is 0 Å². The molecule has 0 amide bonds. The first-order chi connectivity index (χ1) is 8.99. The average molecular weight is 267 g/mol. The first kappa shape index (κ1) is 15.3. The minimum Gasteiger partial charge on any atom is -0.314 e. The Hall–Kier alpha value is -0.120. The number of hydrogen-bond donors (Lipinski definition) is 1. The Bertz CT molecular complexity index is 269. The fourth-order valence-electron chi connectivity index (χ4n) is 3.76. The van der Waals surface area contributed by atoms with Gasteiger partial charge in [0.05, 0.1) is 0 Å². The molecule has 0 bridgehead atoms. The van der Waals surface area contributed by atoms with Gasteiger partial charge in [-0.1, -0.05) is 27.7 Å². The SMILES string of the molecule is CC(C)CCN1CCC(N2CCNCC2)C(C)(C)C1. The van der Waals surface area contributed by atoms with E-state index in [1.54, 1.807) is 0 Å². The molecular formula is C16H33N3. The highest BCUT2D eigenvalue weighted by Crippen LogP contribution is 2.33. The summed E-state index contributed by atoms with van der Waals surface area (Å²) in [6, 6.07) is 0.782. The number of piperazine rings is 1. The molecule has 3 nitrogen and oxygen atoms in total. The molecule has 1 atom stereocenters. The average Bonchev–Trinajstić information content (AvgIpc) is 2.36. The van der Waals surface area contributed by atoms with Gasteiger partial charge in [-0.15, -0.1) is 0 Å². The van der Waals surface area contributed by atoms with Crippen molar-refractivity contribution in [2.45, 2.75) is 46.6 Å². The molecule has 0 spiro atoms. The topological polar surface area (TPSA) is 18.5 Å². The molecule has 2 rings (SSSR count). The molecule has 0 aliphatic carbocycles. The Labute approximate surface area is 119 Å². The van der Waals surface area contributed by atoms with Crippen molar-refractivity contribution in [2.75, 3.05) is 45.8 Å². The second-order valence-electron chi connectivity index (χ2n) is 7.54. The van der Waals surface area contributed by atoms with Crippen LogP contribution in [0.25, 0.3) is 0 Å². The van der Waals surface area contributed by atoms with Gasteiger partial charge in [-0.2, -0.15) is 0 Å². The molecule has 0 saturated carbocycles. The van der Waals surface area contributed by atoms with Crippen LogP contribution in [0, 0.1) is 11.3 Å². The number of hydrogen-bond acceptors (Lipinski definition) is 3. The largest absolute Gasteiger partial charge is 0.314 e. The summed E-state index contributed by atoms with van der Waals surface area (Å²) in [4.78, 5) is 5.43. The molecule has 2 aliphatic heterocycles. The highest BCUT2D eigenvalue weighted by molar-refractivity contribution is 4.94. The van der Waals surface area contributed by atoms with Gasteiger partial charge in [0.25, 0.3) is 0 Å². The van der Waals surface area contributed by atoms with E-state index in [0.29, 0.717) is 5.41 Å². The predicted octanol–water partition coefficient (Wildman–Crippen LogP) is 2.04. The molecule has 1 unspecified atom stereocenters. The van der Waals surface area contributed by atoms with Gasteiger partial charge in [0.2, 0.25) is 0 Å². The molecule has 0 aromatic rings. The van der Waals surface area contributed by atoms with Gasteiger partial charge in [-0.3, -0.25) is 4.90 Å². The van der Waals surface area contributed by atoms with E-state index in [4.69, 9.17) is 0 Å². The summed E-state index contributed by atoms with van der Waals surface area (Å²) >= 11 is 0.